The van der Waals surface area contributed by atoms with Gasteiger partial charge in [0.15, 0.2) is 0 Å². The Bertz CT molecular complexity index is 1670. The van der Waals surface area contributed by atoms with Crippen molar-refractivity contribution in [3.63, 3.8) is 0 Å². The van der Waals surface area contributed by atoms with Gasteiger partial charge in [0.2, 0.25) is 5.56 Å². The van der Waals surface area contributed by atoms with Crippen LogP contribution >= 0.6 is 0 Å². The highest BCUT2D eigenvalue weighted by Crippen LogP contribution is 2.29. The second kappa shape index (κ2) is 8.73. The minimum absolute atomic E-state index is 0.0940. The Balaban J connectivity index is 1.68. The first-order valence-electron chi connectivity index (χ1n) is 11.0. The van der Waals surface area contributed by atoms with E-state index in [4.69, 9.17) is 4.98 Å². The molecular weight excluding hydrogens is 446 g/mol. The van der Waals surface area contributed by atoms with Gasteiger partial charge in [0.05, 0.1) is 41.9 Å². The Labute approximate surface area is 199 Å². The van der Waals surface area contributed by atoms with Crippen LogP contribution < -0.4 is 11.1 Å². The average Bonchev–Trinajstić information content (AvgIpc) is 3.31. The fourth-order valence-electron chi connectivity index (χ4n) is 3.90. The van der Waals surface area contributed by atoms with E-state index in [1.807, 2.05) is 18.3 Å². The van der Waals surface area contributed by atoms with Gasteiger partial charge in [-0.3, -0.25) is 23.8 Å². The lowest BCUT2D eigenvalue weighted by atomic mass is 10.1. The molecule has 10 nitrogen and oxygen atoms in total. The Kier molecular flexibility index (Phi) is 5.58. The number of aliphatic hydroxyl groups excluding tert-OH is 1. The predicted molar refractivity (Wildman–Crippen MR) is 132 cm³/mol. The van der Waals surface area contributed by atoms with Crippen molar-refractivity contribution in [1.29, 1.82) is 0 Å². The van der Waals surface area contributed by atoms with Gasteiger partial charge in [-0.1, -0.05) is 0 Å². The van der Waals surface area contributed by atoms with Crippen LogP contribution in [0.4, 0.5) is 0 Å². The average molecular weight is 470 g/mol. The third kappa shape index (κ3) is 4.04. The van der Waals surface area contributed by atoms with Gasteiger partial charge < -0.3 is 9.67 Å². The number of aliphatic hydroxyl groups is 1. The minimum Gasteiger partial charge on any atom is -0.394 e. The number of rotatable bonds is 5. The van der Waals surface area contributed by atoms with Crippen molar-refractivity contribution < 1.29 is 5.11 Å². The Hall–Kier alpha value is -4.44. The molecule has 0 bridgehead atoms. The number of nitrogens with zero attached hydrogens (tertiary/aromatic N) is 7. The van der Waals surface area contributed by atoms with Gasteiger partial charge in [0.1, 0.15) is 11.2 Å². The molecule has 5 rings (SSSR count). The third-order valence-electron chi connectivity index (χ3n) is 5.93. The number of aromatic nitrogens is 7. The van der Waals surface area contributed by atoms with Crippen molar-refractivity contribution >= 4 is 10.9 Å². The van der Waals surface area contributed by atoms with Crippen LogP contribution in [-0.4, -0.2) is 45.6 Å². The van der Waals surface area contributed by atoms with Crippen molar-refractivity contribution in [3.8, 4) is 33.8 Å². The quantitative estimate of drug-likeness (QED) is 0.419. The monoisotopic (exact) mass is 469 g/mol. The van der Waals surface area contributed by atoms with Gasteiger partial charge in [0, 0.05) is 55.4 Å². The molecule has 5 aromatic heterocycles. The van der Waals surface area contributed by atoms with Crippen LogP contribution in [0.1, 0.15) is 13.0 Å². The van der Waals surface area contributed by atoms with Gasteiger partial charge >= 0.3 is 0 Å². The molecule has 0 saturated carbocycles. The number of hydrogen-bond acceptors (Lipinski definition) is 7. The van der Waals surface area contributed by atoms with Crippen molar-refractivity contribution in [2.24, 2.45) is 14.1 Å². The molecular formula is C25H23N7O3. The summed E-state index contributed by atoms with van der Waals surface area (Å²) in [5.41, 5.74) is 4.17. The lowest BCUT2D eigenvalue weighted by molar-refractivity contribution is 0.236. The standard InChI is InChI=1S/C25H23N7O3/c1-15(13-33)32-14-27-24-19(25(32)35)8-21(29-23(24)18-10-28-31(3)12-18)16-4-6-20(26-9-16)17-5-7-22(34)30(2)11-17/h4-12,14-15,33H,13H2,1-3H3/t15-/m0/s1. The van der Waals surface area contributed by atoms with Gasteiger partial charge in [-0.05, 0) is 31.2 Å². The summed E-state index contributed by atoms with van der Waals surface area (Å²) in [5, 5.41) is 14.2. The molecule has 0 spiro atoms. The number of pyridine rings is 3. The zero-order valence-corrected chi connectivity index (χ0v) is 19.5. The second-order valence-electron chi connectivity index (χ2n) is 8.44. The topological polar surface area (TPSA) is 121 Å². The Morgan fingerprint density at radius 2 is 1.74 bits per heavy atom. The smallest absolute Gasteiger partial charge is 0.261 e. The first kappa shape index (κ1) is 22.4. The summed E-state index contributed by atoms with van der Waals surface area (Å²) in [4.78, 5) is 38.9. The molecule has 0 saturated heterocycles. The van der Waals surface area contributed by atoms with E-state index in [0.29, 0.717) is 28.0 Å². The van der Waals surface area contributed by atoms with Crippen molar-refractivity contribution in [2.75, 3.05) is 6.61 Å². The highest BCUT2D eigenvalue weighted by molar-refractivity contribution is 5.93. The van der Waals surface area contributed by atoms with Crippen molar-refractivity contribution in [1.82, 2.24) is 33.9 Å². The molecule has 10 heteroatoms. The van der Waals surface area contributed by atoms with Gasteiger partial charge in [-0.2, -0.15) is 5.10 Å². The molecule has 5 heterocycles. The van der Waals surface area contributed by atoms with E-state index >= 15 is 0 Å². The van der Waals surface area contributed by atoms with Gasteiger partial charge in [-0.15, -0.1) is 0 Å². The zero-order valence-electron chi connectivity index (χ0n) is 19.5. The van der Waals surface area contributed by atoms with Crippen LogP contribution in [0.25, 0.3) is 44.7 Å². The summed E-state index contributed by atoms with van der Waals surface area (Å²) in [6.07, 6.45) is 8.35. The van der Waals surface area contributed by atoms with E-state index in [9.17, 15) is 14.7 Å². The predicted octanol–water partition coefficient (Wildman–Crippen LogP) is 2.17. The summed E-state index contributed by atoms with van der Waals surface area (Å²) in [7, 11) is 3.50. The third-order valence-corrected chi connectivity index (χ3v) is 5.93. The van der Waals surface area contributed by atoms with Crippen molar-refractivity contribution in [2.45, 2.75) is 13.0 Å². The van der Waals surface area contributed by atoms with Crippen LogP contribution in [0, 0.1) is 0 Å². The Morgan fingerprint density at radius 3 is 2.40 bits per heavy atom. The van der Waals surface area contributed by atoms with Crippen molar-refractivity contribution in [3.05, 3.63) is 82.2 Å². The number of hydrogen-bond donors (Lipinski definition) is 1. The maximum atomic E-state index is 13.3. The molecule has 0 aliphatic carbocycles. The molecule has 0 unspecified atom stereocenters. The van der Waals surface area contributed by atoms with E-state index in [-0.39, 0.29) is 17.7 Å². The summed E-state index contributed by atoms with van der Waals surface area (Å²) in [6.45, 7) is 1.57. The SMILES string of the molecule is C[C@@H](CO)n1cnc2c(-c3cnn(C)c3)nc(-c3ccc(-c4ccc(=O)n(C)c4)nc3)cc2c1=O. The van der Waals surface area contributed by atoms with E-state index < -0.39 is 6.04 Å². The zero-order chi connectivity index (χ0) is 24.7. The first-order chi connectivity index (χ1) is 16.9. The molecule has 0 radical (unpaired) electrons. The molecule has 0 aromatic carbocycles. The highest BCUT2D eigenvalue weighted by Gasteiger charge is 2.17. The maximum absolute atomic E-state index is 13.3. The van der Waals surface area contributed by atoms with Crippen LogP contribution in [-0.2, 0) is 14.1 Å². The van der Waals surface area contributed by atoms with E-state index in [1.54, 1.807) is 56.4 Å². The lowest BCUT2D eigenvalue weighted by Gasteiger charge is -2.14. The fourth-order valence-corrected chi connectivity index (χ4v) is 3.90. The molecule has 0 amide bonds. The highest BCUT2D eigenvalue weighted by atomic mass is 16.3. The van der Waals surface area contributed by atoms with Gasteiger partial charge in [0.25, 0.3) is 5.56 Å². The molecule has 1 N–H and O–H groups in total. The molecule has 1 atom stereocenters. The minimum atomic E-state index is -0.416. The summed E-state index contributed by atoms with van der Waals surface area (Å²) < 4.78 is 4.58. The second-order valence-corrected chi connectivity index (χ2v) is 8.44. The van der Waals surface area contributed by atoms with Crippen LogP contribution in [0.2, 0.25) is 0 Å². The molecule has 0 aliphatic rings. The van der Waals surface area contributed by atoms with Crippen LogP contribution in [0.3, 0.4) is 0 Å². The molecule has 35 heavy (non-hydrogen) atoms. The van der Waals surface area contributed by atoms with E-state index in [1.165, 1.54) is 21.5 Å². The largest absolute Gasteiger partial charge is 0.394 e. The summed E-state index contributed by atoms with van der Waals surface area (Å²) >= 11 is 0. The van der Waals surface area contributed by atoms with Crippen LogP contribution in [0.5, 0.6) is 0 Å². The van der Waals surface area contributed by atoms with Gasteiger partial charge in [-0.25, -0.2) is 9.97 Å². The number of aryl methyl sites for hydroxylation is 2. The molecule has 176 valence electrons. The summed E-state index contributed by atoms with van der Waals surface area (Å²) in [5.74, 6) is 0. The van der Waals surface area contributed by atoms with E-state index in [2.05, 4.69) is 15.1 Å². The maximum Gasteiger partial charge on any atom is 0.261 e. The molecule has 0 aliphatic heterocycles. The molecule has 5 aromatic rings. The lowest BCUT2D eigenvalue weighted by Crippen LogP contribution is -2.25. The van der Waals surface area contributed by atoms with Crippen LogP contribution in [0.15, 0.2) is 71.0 Å². The number of fused-ring (bicyclic) bond motifs is 1. The summed E-state index contributed by atoms with van der Waals surface area (Å²) in [6, 6.07) is 8.24. The normalized spacial score (nSPS) is 12.2. The Morgan fingerprint density at radius 1 is 0.943 bits per heavy atom. The first-order valence-corrected chi connectivity index (χ1v) is 11.0. The molecule has 0 fully saturated rings. The van der Waals surface area contributed by atoms with E-state index in [0.717, 1.165) is 16.7 Å². The fraction of sp³-hybridized carbons (Fsp3) is 0.200.